The molecule has 0 saturated carbocycles. The third-order valence-corrected chi connectivity index (χ3v) is 0.914. The van der Waals surface area contributed by atoms with Gasteiger partial charge >= 0.3 is 23.1 Å². The first-order chi connectivity index (χ1) is 3.93. The first-order valence-corrected chi connectivity index (χ1v) is 2.43. The summed E-state index contributed by atoms with van der Waals surface area (Å²) in [6.45, 7) is 0. The number of ether oxygens (including phenoxy) is 1. The summed E-state index contributed by atoms with van der Waals surface area (Å²) in [4.78, 5) is 2.89. The quantitative estimate of drug-likeness (QED) is 0.461. The van der Waals surface area contributed by atoms with Gasteiger partial charge in [0, 0.05) is 6.07 Å². The van der Waals surface area contributed by atoms with Gasteiger partial charge in [-0.1, -0.05) is 0 Å². The van der Waals surface area contributed by atoms with E-state index in [2.05, 4.69) is 4.98 Å². The molecule has 0 aromatic carbocycles. The number of rotatable bonds is 1. The number of methoxy groups -OCH3 is 1. The largest absolute Gasteiger partial charge is 2.00 e. The van der Waals surface area contributed by atoms with Crippen molar-refractivity contribution in [3.05, 3.63) is 24.5 Å². The molecule has 0 bridgehead atoms. The Balaban J connectivity index is 0. The Morgan fingerprint density at radius 2 is 2.20 bits per heavy atom. The van der Waals surface area contributed by atoms with E-state index in [9.17, 15) is 0 Å². The average molecular weight is 214 g/mol. The van der Waals surface area contributed by atoms with Gasteiger partial charge in [0.25, 0.3) is 0 Å². The third kappa shape index (κ3) is 4.08. The summed E-state index contributed by atoms with van der Waals surface area (Å²) in [6, 6.07) is 3.77. The first-order valence-electron chi connectivity index (χ1n) is 2.43. The fraction of sp³-hybridized carbons (Fsp3) is 0.167. The number of hydrogen-bond donors (Lipinski definition) is 0. The molecule has 0 amide bonds. The molecule has 10 heavy (non-hydrogen) atoms. The Morgan fingerprint density at radius 3 is 2.50 bits per heavy atom. The van der Waals surface area contributed by atoms with Crippen LogP contribution >= 0.6 is 0 Å². The molecule has 50 valence electrons. The fourth-order valence-corrected chi connectivity index (χ4v) is 0.504. The van der Waals surface area contributed by atoms with Gasteiger partial charge in [-0.25, -0.2) is 4.98 Å². The standard InChI is InChI=1S/C6H7NO.BrH.Mg/c1-8-6-3-2-4-7-5-6;;/h2-5H,1H3;1H;/q;;+2. The molecular weight excluding hydrogens is 206 g/mol. The van der Waals surface area contributed by atoms with Gasteiger partial charge in [-0.2, -0.15) is 0 Å². The molecule has 1 heterocycles. The molecule has 1 N–H and O–H groups in total. The summed E-state index contributed by atoms with van der Waals surface area (Å²) < 4.78 is 4.88. The van der Waals surface area contributed by atoms with E-state index in [0.717, 1.165) is 5.75 Å². The molecule has 1 aromatic rings. The Hall–Kier alpha value is 0.196. The molecule has 0 radical (unpaired) electrons. The predicted octanol–water partition coefficient (Wildman–Crippen LogP) is -2.87. The summed E-state index contributed by atoms with van der Waals surface area (Å²) in [6.07, 6.45) is 3.63. The Bertz CT molecular complexity index is 159. The van der Waals surface area contributed by atoms with E-state index in [1.807, 2.05) is 18.3 Å². The summed E-state index contributed by atoms with van der Waals surface area (Å²) in [5, 5.41) is 0. The number of hydrogen-bond acceptors (Lipinski definition) is 1. The van der Waals surface area contributed by atoms with Crippen LogP contribution in [0.15, 0.2) is 24.5 Å². The van der Waals surface area contributed by atoms with Crippen LogP contribution in [0.4, 0.5) is 0 Å². The van der Waals surface area contributed by atoms with Gasteiger partial charge in [0.15, 0.2) is 11.9 Å². The molecule has 0 fully saturated rings. The van der Waals surface area contributed by atoms with Crippen LogP contribution in [0, 0.1) is 0 Å². The summed E-state index contributed by atoms with van der Waals surface area (Å²) in [5.74, 6) is 0.854. The maximum absolute atomic E-state index is 4.88. The number of nitrogens with one attached hydrogen (secondary N) is 1. The second-order valence-electron chi connectivity index (χ2n) is 1.44. The summed E-state index contributed by atoms with van der Waals surface area (Å²) in [5.41, 5.74) is 0. The molecule has 1 rings (SSSR count). The summed E-state index contributed by atoms with van der Waals surface area (Å²) in [7, 11) is 1.64. The fourth-order valence-electron chi connectivity index (χ4n) is 0.504. The minimum atomic E-state index is 0. The van der Waals surface area contributed by atoms with E-state index in [4.69, 9.17) is 4.74 Å². The van der Waals surface area contributed by atoms with E-state index >= 15 is 0 Å². The minimum Gasteiger partial charge on any atom is -1.00 e. The number of halogens is 1. The van der Waals surface area contributed by atoms with Crippen LogP contribution in [0.2, 0.25) is 0 Å². The van der Waals surface area contributed by atoms with Crippen LogP contribution in [-0.4, -0.2) is 30.2 Å². The maximum atomic E-state index is 4.88. The smallest absolute Gasteiger partial charge is 1.00 e. The molecule has 2 nitrogen and oxygen atoms in total. The van der Waals surface area contributed by atoms with Crippen molar-refractivity contribution in [3.8, 4) is 5.75 Å². The molecule has 1 aromatic heterocycles. The molecule has 0 aliphatic rings. The normalized spacial score (nSPS) is 6.90. The molecule has 0 aliphatic carbocycles. The van der Waals surface area contributed by atoms with E-state index in [-0.39, 0.29) is 40.0 Å². The monoisotopic (exact) mass is 213 g/mol. The predicted molar refractivity (Wildman–Crippen MR) is 35.3 cm³/mol. The SMILES string of the molecule is COc1ccc[nH+]c1.[Br-].[Mg+2]. The Morgan fingerprint density at radius 1 is 1.50 bits per heavy atom. The molecule has 0 saturated heterocycles. The van der Waals surface area contributed by atoms with Gasteiger partial charge in [-0.05, 0) is 6.07 Å². The van der Waals surface area contributed by atoms with Crippen LogP contribution in [0.1, 0.15) is 0 Å². The average Bonchev–Trinajstić information content (AvgIpc) is 1.90. The van der Waals surface area contributed by atoms with Crippen LogP contribution in [0.5, 0.6) is 5.75 Å². The maximum Gasteiger partial charge on any atom is 2.00 e. The molecule has 0 spiro atoms. The zero-order chi connectivity index (χ0) is 5.82. The van der Waals surface area contributed by atoms with E-state index in [0.29, 0.717) is 0 Å². The Kier molecular flexibility index (Phi) is 9.38. The molecule has 0 atom stereocenters. The molecule has 0 aliphatic heterocycles. The number of pyridine rings is 1. The minimum absolute atomic E-state index is 0. The second-order valence-corrected chi connectivity index (χ2v) is 1.44. The third-order valence-electron chi connectivity index (χ3n) is 0.914. The van der Waals surface area contributed by atoms with Crippen LogP contribution in [0.3, 0.4) is 0 Å². The van der Waals surface area contributed by atoms with E-state index in [1.165, 1.54) is 0 Å². The van der Waals surface area contributed by atoms with Crippen molar-refractivity contribution in [1.82, 2.24) is 0 Å². The van der Waals surface area contributed by atoms with Gasteiger partial charge in [0.05, 0.1) is 7.11 Å². The van der Waals surface area contributed by atoms with Crippen molar-refractivity contribution in [2.45, 2.75) is 0 Å². The number of H-pyrrole nitrogens is 1. The van der Waals surface area contributed by atoms with Gasteiger partial charge in [0.2, 0.25) is 6.20 Å². The van der Waals surface area contributed by atoms with Crippen LogP contribution < -0.4 is 26.7 Å². The van der Waals surface area contributed by atoms with Gasteiger partial charge in [-0.15, -0.1) is 0 Å². The van der Waals surface area contributed by atoms with Crippen LogP contribution in [-0.2, 0) is 0 Å². The van der Waals surface area contributed by atoms with Crippen molar-refractivity contribution in [2.75, 3.05) is 7.11 Å². The zero-order valence-corrected chi connectivity index (χ0v) is 8.80. The van der Waals surface area contributed by atoms with E-state index in [1.54, 1.807) is 13.3 Å². The van der Waals surface area contributed by atoms with Gasteiger partial charge in [0.1, 0.15) is 0 Å². The second kappa shape index (κ2) is 7.30. The number of aromatic nitrogens is 1. The summed E-state index contributed by atoms with van der Waals surface area (Å²) >= 11 is 0. The van der Waals surface area contributed by atoms with Gasteiger partial charge in [-0.3, -0.25) is 0 Å². The zero-order valence-electron chi connectivity index (χ0n) is 5.80. The molecule has 0 unspecified atom stereocenters. The molecular formula is C6H8BrMgNO+2. The van der Waals surface area contributed by atoms with Crippen LogP contribution in [0.25, 0.3) is 0 Å². The van der Waals surface area contributed by atoms with Crippen molar-refractivity contribution >= 4 is 23.1 Å². The van der Waals surface area contributed by atoms with Crippen molar-refractivity contribution in [3.63, 3.8) is 0 Å². The van der Waals surface area contributed by atoms with Crippen molar-refractivity contribution in [2.24, 2.45) is 0 Å². The Labute approximate surface area is 86.9 Å². The molecule has 4 heteroatoms. The van der Waals surface area contributed by atoms with Crippen molar-refractivity contribution < 1.29 is 26.7 Å². The number of aromatic amines is 1. The topological polar surface area (TPSA) is 23.4 Å². The van der Waals surface area contributed by atoms with E-state index < -0.39 is 0 Å². The van der Waals surface area contributed by atoms with Crippen molar-refractivity contribution in [1.29, 1.82) is 0 Å². The first kappa shape index (κ1) is 12.8. The van der Waals surface area contributed by atoms with Gasteiger partial charge < -0.3 is 21.7 Å².